The van der Waals surface area contributed by atoms with Gasteiger partial charge in [0, 0.05) is 6.26 Å². The molecule has 2 heterocycles. The number of hydrogen-bond donors (Lipinski definition) is 0. The number of carbonyl (C=O) groups excluding carboxylic acids is 1. The highest BCUT2D eigenvalue weighted by Gasteiger charge is 2.18. The molecule has 0 atom stereocenters. The van der Waals surface area contributed by atoms with E-state index in [0.717, 1.165) is 28.9 Å². The minimum absolute atomic E-state index is 0.0575. The number of nitrogens with zero attached hydrogens (tertiary/aromatic N) is 2. The van der Waals surface area contributed by atoms with Crippen molar-refractivity contribution in [3.8, 4) is 0 Å². The minimum Gasteiger partial charge on any atom is -0.465 e. The van der Waals surface area contributed by atoms with Gasteiger partial charge in [-0.2, -0.15) is 8.42 Å². The van der Waals surface area contributed by atoms with E-state index in [-0.39, 0.29) is 27.1 Å². The first-order chi connectivity index (χ1) is 13.1. The van der Waals surface area contributed by atoms with Crippen LogP contribution in [-0.2, 0) is 35.9 Å². The lowest BCUT2D eigenvalue weighted by atomic mass is 10.3. The molecule has 0 fully saturated rings. The van der Waals surface area contributed by atoms with Crippen molar-refractivity contribution in [3.05, 3.63) is 40.5 Å². The first-order valence-electron chi connectivity index (χ1n) is 7.95. The first-order valence-corrected chi connectivity index (χ1v) is 13.0. The molecule has 0 spiro atoms. The molecule has 0 bridgehead atoms. The summed E-state index contributed by atoms with van der Waals surface area (Å²) in [5.41, 5.74) is 0.491. The van der Waals surface area contributed by atoms with Gasteiger partial charge in [0.05, 0.1) is 21.7 Å². The number of sulfone groups is 1. The number of rotatable bonds is 6. The smallest absolute Gasteiger partial charge is 0.326 e. The maximum atomic E-state index is 12.6. The van der Waals surface area contributed by atoms with Crippen molar-refractivity contribution in [2.45, 2.75) is 22.6 Å². The van der Waals surface area contributed by atoms with E-state index in [1.807, 2.05) is 0 Å². The van der Waals surface area contributed by atoms with Gasteiger partial charge in [0.15, 0.2) is 9.84 Å². The number of fused-ring (bicyclic) bond motifs is 1. The highest BCUT2D eigenvalue weighted by molar-refractivity contribution is 7.92. The molecule has 3 rings (SSSR count). The molecular weight excluding hydrogens is 444 g/mol. The lowest BCUT2D eigenvalue weighted by Crippen LogP contribution is -2.23. The second-order valence-corrected chi connectivity index (χ2v) is 11.5. The Labute approximate surface area is 169 Å². The monoisotopic (exact) mass is 460 g/mol. The van der Waals surface area contributed by atoms with Crippen LogP contribution in [0.3, 0.4) is 0 Å². The molecule has 12 heteroatoms. The summed E-state index contributed by atoms with van der Waals surface area (Å²) in [6.07, 6.45) is 1.08. The molecule has 28 heavy (non-hydrogen) atoms. The molecule has 0 amide bonds. The van der Waals surface area contributed by atoms with Crippen molar-refractivity contribution in [1.29, 1.82) is 0 Å². The Morgan fingerprint density at radius 1 is 1.21 bits per heavy atom. The highest BCUT2D eigenvalue weighted by Crippen LogP contribution is 2.23. The van der Waals surface area contributed by atoms with Crippen LogP contribution < -0.4 is 4.80 Å². The van der Waals surface area contributed by atoms with Crippen molar-refractivity contribution in [3.63, 3.8) is 0 Å². The van der Waals surface area contributed by atoms with E-state index in [4.69, 9.17) is 4.74 Å². The Balaban J connectivity index is 2.25. The fourth-order valence-electron chi connectivity index (χ4n) is 2.40. The van der Waals surface area contributed by atoms with Crippen molar-refractivity contribution in [2.75, 3.05) is 12.9 Å². The van der Waals surface area contributed by atoms with Crippen LogP contribution in [0.25, 0.3) is 10.2 Å². The Hall–Kier alpha value is -2.02. The number of aromatic nitrogens is 1. The van der Waals surface area contributed by atoms with E-state index in [2.05, 4.69) is 4.40 Å². The van der Waals surface area contributed by atoms with Crippen LogP contribution in [0.4, 0.5) is 0 Å². The van der Waals surface area contributed by atoms with Crippen molar-refractivity contribution in [2.24, 2.45) is 4.40 Å². The predicted molar refractivity (Wildman–Crippen MR) is 107 cm³/mol. The van der Waals surface area contributed by atoms with Crippen molar-refractivity contribution in [1.82, 2.24) is 4.57 Å². The van der Waals surface area contributed by atoms with Crippen LogP contribution in [0.15, 0.2) is 49.2 Å². The second-order valence-electron chi connectivity index (χ2n) is 5.68. The van der Waals surface area contributed by atoms with Crippen LogP contribution in [-0.4, -0.2) is 40.2 Å². The van der Waals surface area contributed by atoms with E-state index in [1.54, 1.807) is 18.4 Å². The predicted octanol–water partition coefficient (Wildman–Crippen LogP) is 2.02. The van der Waals surface area contributed by atoms with E-state index in [9.17, 15) is 21.6 Å². The SMILES string of the molecule is CCOC(=O)Cn1c(=NS(=O)(=O)c2cccs2)sc2cc(S(C)(=O)=O)ccc21. The van der Waals surface area contributed by atoms with Crippen molar-refractivity contribution < 1.29 is 26.4 Å². The molecule has 0 saturated heterocycles. The van der Waals surface area contributed by atoms with E-state index < -0.39 is 25.8 Å². The van der Waals surface area contributed by atoms with Gasteiger partial charge < -0.3 is 9.30 Å². The molecule has 2 aromatic heterocycles. The summed E-state index contributed by atoms with van der Waals surface area (Å²) in [6, 6.07) is 7.41. The zero-order valence-electron chi connectivity index (χ0n) is 14.9. The van der Waals surface area contributed by atoms with Gasteiger partial charge in [-0.25, -0.2) is 8.42 Å². The number of esters is 1. The molecule has 0 aliphatic carbocycles. The number of hydrogen-bond acceptors (Lipinski definition) is 8. The molecule has 0 unspecified atom stereocenters. The lowest BCUT2D eigenvalue weighted by molar-refractivity contribution is -0.143. The molecular formula is C16H16N2O6S4. The Morgan fingerprint density at radius 3 is 2.57 bits per heavy atom. The fourth-order valence-corrected chi connectivity index (χ4v) is 6.36. The molecule has 150 valence electrons. The molecule has 0 saturated carbocycles. The van der Waals surface area contributed by atoms with Crippen LogP contribution in [0.2, 0.25) is 0 Å². The summed E-state index contributed by atoms with van der Waals surface area (Å²) in [6.45, 7) is 1.60. The summed E-state index contributed by atoms with van der Waals surface area (Å²) in [5.74, 6) is -0.552. The van der Waals surface area contributed by atoms with Crippen LogP contribution in [0.5, 0.6) is 0 Å². The van der Waals surface area contributed by atoms with E-state index in [1.165, 1.54) is 28.8 Å². The Morgan fingerprint density at radius 2 is 1.96 bits per heavy atom. The van der Waals surface area contributed by atoms with Crippen molar-refractivity contribution >= 4 is 58.7 Å². The Kier molecular flexibility index (Phi) is 5.75. The van der Waals surface area contributed by atoms with Gasteiger partial charge in [-0.05, 0) is 36.6 Å². The molecule has 0 radical (unpaired) electrons. The number of thiophene rings is 1. The van der Waals surface area contributed by atoms with Gasteiger partial charge in [0.25, 0.3) is 10.0 Å². The molecule has 0 aliphatic rings. The first kappa shape index (κ1) is 20.7. The Bertz CT molecular complexity index is 1300. The maximum Gasteiger partial charge on any atom is 0.326 e. The van der Waals surface area contributed by atoms with Gasteiger partial charge in [0.2, 0.25) is 4.80 Å². The van der Waals surface area contributed by atoms with Gasteiger partial charge in [-0.15, -0.1) is 15.7 Å². The normalized spacial score (nSPS) is 13.1. The number of sulfonamides is 1. The lowest BCUT2D eigenvalue weighted by Gasteiger charge is -2.05. The summed E-state index contributed by atoms with van der Waals surface area (Å²) in [5, 5.41) is 1.62. The molecule has 3 aromatic rings. The van der Waals surface area contributed by atoms with Crippen LogP contribution in [0.1, 0.15) is 6.92 Å². The fraction of sp³-hybridized carbons (Fsp3) is 0.250. The zero-order valence-corrected chi connectivity index (χ0v) is 18.1. The van der Waals surface area contributed by atoms with Gasteiger partial charge in [-0.1, -0.05) is 17.4 Å². The van der Waals surface area contributed by atoms with Gasteiger partial charge in [0.1, 0.15) is 10.8 Å². The third kappa shape index (κ3) is 4.35. The quantitative estimate of drug-likeness (QED) is 0.520. The largest absolute Gasteiger partial charge is 0.465 e. The standard InChI is InChI=1S/C16H16N2O6S4/c1-3-24-14(19)10-18-12-7-6-11(27(2,20)21)9-13(12)26-16(18)17-28(22,23)15-5-4-8-25-15/h4-9H,3,10H2,1-2H3. The van der Waals surface area contributed by atoms with Gasteiger partial charge >= 0.3 is 5.97 Å². The second kappa shape index (κ2) is 7.78. The topological polar surface area (TPSA) is 112 Å². The van der Waals surface area contributed by atoms with Gasteiger partial charge in [-0.3, -0.25) is 4.79 Å². The van der Waals surface area contributed by atoms with E-state index >= 15 is 0 Å². The maximum absolute atomic E-state index is 12.6. The number of carbonyl (C=O) groups is 1. The molecule has 8 nitrogen and oxygen atoms in total. The summed E-state index contributed by atoms with van der Waals surface area (Å²) in [4.78, 5) is 12.2. The van der Waals surface area contributed by atoms with Crippen LogP contribution in [0, 0.1) is 0 Å². The number of thiazole rings is 1. The average molecular weight is 461 g/mol. The average Bonchev–Trinajstić information content (AvgIpc) is 3.23. The highest BCUT2D eigenvalue weighted by atomic mass is 32.2. The summed E-state index contributed by atoms with van der Waals surface area (Å²) >= 11 is 2.02. The molecule has 0 aliphatic heterocycles. The number of benzene rings is 1. The minimum atomic E-state index is -3.96. The summed E-state index contributed by atoms with van der Waals surface area (Å²) in [7, 11) is -7.41. The third-order valence-electron chi connectivity index (χ3n) is 3.62. The summed E-state index contributed by atoms with van der Waals surface area (Å²) < 4.78 is 59.6. The third-order valence-corrected chi connectivity index (χ3v) is 8.53. The van der Waals surface area contributed by atoms with E-state index in [0.29, 0.717) is 10.2 Å². The van der Waals surface area contributed by atoms with Crippen LogP contribution >= 0.6 is 22.7 Å². The zero-order chi connectivity index (χ0) is 20.5. The number of ether oxygens (including phenoxy) is 1. The molecule has 0 N–H and O–H groups in total. The molecule has 1 aromatic carbocycles.